The quantitative estimate of drug-likeness (QED) is 0.689. The topological polar surface area (TPSA) is 52.5 Å². The van der Waals surface area contributed by atoms with Gasteiger partial charge in [-0.05, 0) is 24.7 Å². The molecule has 0 fully saturated rings. The standard InChI is InChI=1S/C9H13NO2.ClH/c1-10-9(6-11)7-2-4-8(12)5-3-7;/h2-5,9-12H,6H2,1H3;1H. The second-order valence-electron chi connectivity index (χ2n) is 2.62. The fourth-order valence-corrected chi connectivity index (χ4v) is 1.07. The van der Waals surface area contributed by atoms with Crippen LogP contribution in [-0.4, -0.2) is 23.9 Å². The summed E-state index contributed by atoms with van der Waals surface area (Å²) in [5.74, 6) is 0.242. The van der Waals surface area contributed by atoms with Crippen molar-refractivity contribution in [3.8, 4) is 5.75 Å². The van der Waals surface area contributed by atoms with E-state index in [-0.39, 0.29) is 30.8 Å². The van der Waals surface area contributed by atoms with E-state index in [0.29, 0.717) is 0 Å². The number of likely N-dealkylation sites (N-methyl/N-ethyl adjacent to an activating group) is 1. The van der Waals surface area contributed by atoms with Crippen LogP contribution in [0.15, 0.2) is 24.3 Å². The zero-order valence-corrected chi connectivity index (χ0v) is 8.21. The molecule has 0 saturated carbocycles. The lowest BCUT2D eigenvalue weighted by molar-refractivity contribution is 0.251. The Kier molecular flexibility index (Phi) is 5.46. The minimum atomic E-state index is -0.0504. The number of nitrogens with one attached hydrogen (secondary N) is 1. The number of rotatable bonds is 3. The normalized spacial score (nSPS) is 11.8. The number of hydrogen-bond donors (Lipinski definition) is 3. The molecule has 0 bridgehead atoms. The van der Waals surface area contributed by atoms with Gasteiger partial charge in [0.1, 0.15) is 5.75 Å². The third-order valence-corrected chi connectivity index (χ3v) is 1.83. The average molecular weight is 204 g/mol. The molecular formula is C9H14ClNO2. The predicted octanol–water partition coefficient (Wildman–Crippen LogP) is 1.07. The van der Waals surface area contributed by atoms with Gasteiger partial charge in [0.2, 0.25) is 0 Å². The van der Waals surface area contributed by atoms with Gasteiger partial charge in [0.25, 0.3) is 0 Å². The maximum absolute atomic E-state index is 9.00. The third-order valence-electron chi connectivity index (χ3n) is 1.83. The molecule has 13 heavy (non-hydrogen) atoms. The first-order valence-corrected chi connectivity index (χ1v) is 3.85. The molecule has 0 spiro atoms. The fourth-order valence-electron chi connectivity index (χ4n) is 1.07. The highest BCUT2D eigenvalue weighted by Crippen LogP contribution is 2.15. The number of aromatic hydroxyl groups is 1. The van der Waals surface area contributed by atoms with E-state index in [0.717, 1.165) is 5.56 Å². The maximum atomic E-state index is 9.00. The largest absolute Gasteiger partial charge is 0.508 e. The van der Waals surface area contributed by atoms with Crippen molar-refractivity contribution in [3.05, 3.63) is 29.8 Å². The Bertz CT molecular complexity index is 234. The lowest BCUT2D eigenvalue weighted by Gasteiger charge is -2.12. The van der Waals surface area contributed by atoms with Crippen LogP contribution in [0.3, 0.4) is 0 Å². The van der Waals surface area contributed by atoms with Gasteiger partial charge in [-0.1, -0.05) is 12.1 Å². The summed E-state index contributed by atoms with van der Waals surface area (Å²) in [6.45, 7) is 0.0568. The van der Waals surface area contributed by atoms with Crippen LogP contribution >= 0.6 is 12.4 Å². The van der Waals surface area contributed by atoms with Gasteiger partial charge in [0, 0.05) is 0 Å². The Morgan fingerprint density at radius 1 is 1.31 bits per heavy atom. The van der Waals surface area contributed by atoms with E-state index in [2.05, 4.69) is 5.32 Å². The second kappa shape index (κ2) is 5.80. The van der Waals surface area contributed by atoms with Crippen LogP contribution in [0.5, 0.6) is 5.75 Å². The molecule has 0 aromatic heterocycles. The Morgan fingerprint density at radius 2 is 1.85 bits per heavy atom. The number of benzene rings is 1. The van der Waals surface area contributed by atoms with Crippen LogP contribution in [0.25, 0.3) is 0 Å². The van der Waals surface area contributed by atoms with Gasteiger partial charge < -0.3 is 15.5 Å². The van der Waals surface area contributed by atoms with Gasteiger partial charge in [-0.25, -0.2) is 0 Å². The molecule has 1 atom stereocenters. The molecule has 1 aromatic rings. The monoisotopic (exact) mass is 203 g/mol. The molecule has 3 nitrogen and oxygen atoms in total. The summed E-state index contributed by atoms with van der Waals surface area (Å²) < 4.78 is 0. The van der Waals surface area contributed by atoms with Crippen LogP contribution < -0.4 is 5.32 Å². The van der Waals surface area contributed by atoms with E-state index in [1.165, 1.54) is 0 Å². The van der Waals surface area contributed by atoms with Crippen LogP contribution in [0.1, 0.15) is 11.6 Å². The van der Waals surface area contributed by atoms with Gasteiger partial charge in [-0.15, -0.1) is 12.4 Å². The minimum Gasteiger partial charge on any atom is -0.508 e. The number of phenolic OH excluding ortho intramolecular Hbond substituents is 1. The number of aliphatic hydroxyl groups excluding tert-OH is 1. The summed E-state index contributed by atoms with van der Waals surface area (Å²) >= 11 is 0. The minimum absolute atomic E-state index is 0. The van der Waals surface area contributed by atoms with E-state index >= 15 is 0 Å². The van der Waals surface area contributed by atoms with Crippen LogP contribution in [0, 0.1) is 0 Å². The van der Waals surface area contributed by atoms with E-state index in [1.807, 2.05) is 0 Å². The molecule has 0 aliphatic heterocycles. The zero-order chi connectivity index (χ0) is 8.97. The molecule has 0 radical (unpaired) electrons. The van der Waals surface area contributed by atoms with Crippen molar-refractivity contribution in [2.75, 3.05) is 13.7 Å². The highest BCUT2D eigenvalue weighted by molar-refractivity contribution is 5.85. The van der Waals surface area contributed by atoms with Gasteiger partial charge in [-0.2, -0.15) is 0 Å². The van der Waals surface area contributed by atoms with Crippen molar-refractivity contribution in [2.45, 2.75) is 6.04 Å². The maximum Gasteiger partial charge on any atom is 0.115 e. The molecule has 0 amide bonds. The first-order valence-electron chi connectivity index (χ1n) is 3.85. The van der Waals surface area contributed by atoms with E-state index in [1.54, 1.807) is 31.3 Å². The first-order chi connectivity index (χ1) is 5.77. The summed E-state index contributed by atoms with van der Waals surface area (Å²) in [5.41, 5.74) is 0.970. The van der Waals surface area contributed by atoms with Gasteiger partial charge in [-0.3, -0.25) is 0 Å². The lowest BCUT2D eigenvalue weighted by atomic mass is 10.1. The second-order valence-corrected chi connectivity index (χ2v) is 2.62. The molecule has 1 aromatic carbocycles. The Labute approximate surface area is 83.8 Å². The Morgan fingerprint density at radius 3 is 2.23 bits per heavy atom. The van der Waals surface area contributed by atoms with Crippen molar-refractivity contribution in [1.82, 2.24) is 5.32 Å². The molecule has 0 saturated heterocycles. The zero-order valence-electron chi connectivity index (χ0n) is 7.40. The Hall–Kier alpha value is -0.770. The van der Waals surface area contributed by atoms with Crippen molar-refractivity contribution < 1.29 is 10.2 Å². The van der Waals surface area contributed by atoms with Gasteiger partial charge in [0.15, 0.2) is 0 Å². The fraction of sp³-hybridized carbons (Fsp3) is 0.333. The predicted molar refractivity (Wildman–Crippen MR) is 54.2 cm³/mol. The molecule has 3 N–H and O–H groups in total. The van der Waals surface area contributed by atoms with E-state index < -0.39 is 0 Å². The van der Waals surface area contributed by atoms with Crippen LogP contribution in [0.4, 0.5) is 0 Å². The van der Waals surface area contributed by atoms with Crippen LogP contribution in [-0.2, 0) is 0 Å². The molecule has 1 unspecified atom stereocenters. The van der Waals surface area contributed by atoms with E-state index in [9.17, 15) is 0 Å². The molecule has 0 aliphatic carbocycles. The third kappa shape index (κ3) is 3.22. The number of hydrogen-bond acceptors (Lipinski definition) is 3. The molecule has 0 aliphatic rings. The van der Waals surface area contributed by atoms with Crippen molar-refractivity contribution >= 4 is 12.4 Å². The molecule has 1 rings (SSSR count). The number of aliphatic hydroxyl groups is 1. The van der Waals surface area contributed by atoms with Gasteiger partial charge >= 0.3 is 0 Å². The first kappa shape index (κ1) is 12.2. The highest BCUT2D eigenvalue weighted by Gasteiger charge is 2.05. The molecular weight excluding hydrogens is 190 g/mol. The average Bonchev–Trinajstić information content (AvgIpc) is 2.10. The van der Waals surface area contributed by atoms with Crippen molar-refractivity contribution in [3.63, 3.8) is 0 Å². The number of phenols is 1. The Balaban J connectivity index is 0.00000144. The summed E-state index contributed by atoms with van der Waals surface area (Å²) in [5, 5.41) is 20.9. The molecule has 4 heteroatoms. The smallest absolute Gasteiger partial charge is 0.115 e. The van der Waals surface area contributed by atoms with Gasteiger partial charge in [0.05, 0.1) is 12.6 Å². The molecule has 0 heterocycles. The lowest BCUT2D eigenvalue weighted by Crippen LogP contribution is -2.19. The molecule has 74 valence electrons. The summed E-state index contributed by atoms with van der Waals surface area (Å²) in [4.78, 5) is 0. The number of halogens is 1. The highest BCUT2D eigenvalue weighted by atomic mass is 35.5. The summed E-state index contributed by atoms with van der Waals surface area (Å²) in [6, 6.07) is 6.73. The van der Waals surface area contributed by atoms with Crippen LogP contribution in [0.2, 0.25) is 0 Å². The summed E-state index contributed by atoms with van der Waals surface area (Å²) in [7, 11) is 1.79. The SMILES string of the molecule is CNC(CO)c1ccc(O)cc1.Cl. The summed E-state index contributed by atoms with van der Waals surface area (Å²) in [6.07, 6.45) is 0. The van der Waals surface area contributed by atoms with Crippen molar-refractivity contribution in [1.29, 1.82) is 0 Å². The van der Waals surface area contributed by atoms with Crippen molar-refractivity contribution in [2.24, 2.45) is 0 Å². The van der Waals surface area contributed by atoms with E-state index in [4.69, 9.17) is 10.2 Å².